The predicted molar refractivity (Wildman–Crippen MR) is 151 cm³/mol. The van der Waals surface area contributed by atoms with E-state index in [4.69, 9.17) is 21.1 Å². The van der Waals surface area contributed by atoms with E-state index >= 15 is 4.39 Å². The summed E-state index contributed by atoms with van der Waals surface area (Å²) < 4.78 is 27.2. The van der Waals surface area contributed by atoms with E-state index < -0.39 is 17.5 Å². The van der Waals surface area contributed by atoms with Gasteiger partial charge < -0.3 is 24.4 Å². The molecule has 0 atom stereocenters. The summed E-state index contributed by atoms with van der Waals surface area (Å²) in [4.78, 5) is 31.6. The topological polar surface area (TPSA) is 104 Å². The van der Waals surface area contributed by atoms with Crippen LogP contribution in [-0.4, -0.2) is 99.6 Å². The van der Waals surface area contributed by atoms with Gasteiger partial charge in [-0.25, -0.2) is 14.2 Å². The number of hydrogen-bond donors (Lipinski definition) is 1. The van der Waals surface area contributed by atoms with E-state index in [-0.39, 0.29) is 53.1 Å². The average Bonchev–Trinajstić information content (AvgIpc) is 3.45. The van der Waals surface area contributed by atoms with Crippen molar-refractivity contribution in [2.24, 2.45) is 0 Å². The maximum atomic E-state index is 15.3. The number of likely N-dealkylation sites (N-methyl/N-ethyl adjacent to an activating group) is 1. The van der Waals surface area contributed by atoms with Crippen molar-refractivity contribution in [3.8, 4) is 6.01 Å². The van der Waals surface area contributed by atoms with Gasteiger partial charge in [-0.3, -0.25) is 4.90 Å². The molecule has 0 unspecified atom stereocenters. The number of nitrogens with zero attached hydrogens (tertiary/aromatic N) is 6. The van der Waals surface area contributed by atoms with Gasteiger partial charge in [0.1, 0.15) is 28.1 Å². The Bertz CT molecular complexity index is 1190. The maximum Gasteiger partial charge on any atom is 0.410 e. The van der Waals surface area contributed by atoms with Crippen molar-refractivity contribution in [1.82, 2.24) is 24.8 Å². The van der Waals surface area contributed by atoms with Crippen molar-refractivity contribution in [3.05, 3.63) is 15.6 Å². The number of amides is 1. The molecule has 2 aliphatic rings. The van der Waals surface area contributed by atoms with E-state index in [1.165, 1.54) is 0 Å². The number of fused-ring (bicyclic) bond motifs is 2. The van der Waals surface area contributed by atoms with E-state index in [1.807, 2.05) is 27.7 Å². The first-order valence-corrected chi connectivity index (χ1v) is 14.6. The quantitative estimate of drug-likeness (QED) is 0.376. The largest absolute Gasteiger partial charge is 0.461 e. The third-order valence-electron chi connectivity index (χ3n) is 7.28. The normalized spacial score (nSPS) is 16.9. The Morgan fingerprint density at radius 1 is 1.18 bits per heavy atom. The number of carbonyl (C=O) groups is 1. The molecule has 0 aromatic carbocycles. The number of aliphatic hydroxyl groups excluding tert-OH is 1. The molecule has 0 spiro atoms. The van der Waals surface area contributed by atoms with Crippen LogP contribution in [0.5, 0.6) is 6.01 Å². The molecule has 13 heteroatoms. The lowest BCUT2D eigenvalue weighted by Crippen LogP contribution is -2.43. The number of hydrogen-bond acceptors (Lipinski definition) is 9. The molecule has 4 heterocycles. The summed E-state index contributed by atoms with van der Waals surface area (Å²) in [6.07, 6.45) is 3.87. The second-order valence-electron chi connectivity index (χ2n) is 11.0. The minimum absolute atomic E-state index is 0.0288. The van der Waals surface area contributed by atoms with Crippen LogP contribution in [0.25, 0.3) is 10.9 Å². The SMILES string of the molecule is CCN(CCN(CCO)c1nc(OCC23CCCN2CCC3)nc2c(F)c(Cl)nc(Br)c12)C(=O)OC(C)(C)C. The number of anilines is 1. The van der Waals surface area contributed by atoms with E-state index in [1.54, 1.807) is 9.80 Å². The fourth-order valence-corrected chi connectivity index (χ4v) is 6.23. The van der Waals surface area contributed by atoms with Crippen LogP contribution in [-0.2, 0) is 4.74 Å². The lowest BCUT2D eigenvalue weighted by atomic mass is 9.95. The Kier molecular flexibility index (Phi) is 9.40. The van der Waals surface area contributed by atoms with Crippen LogP contribution in [0.1, 0.15) is 53.4 Å². The molecule has 2 saturated heterocycles. The zero-order valence-corrected chi connectivity index (χ0v) is 25.3. The van der Waals surface area contributed by atoms with Gasteiger partial charge in [-0.05, 0) is 82.4 Å². The molecular formula is C26H37BrClFN6O4. The molecule has 2 fully saturated rings. The number of ether oxygens (including phenoxy) is 2. The maximum absolute atomic E-state index is 15.3. The fourth-order valence-electron chi connectivity index (χ4n) is 5.41. The number of pyridine rings is 1. The number of carbonyl (C=O) groups excluding carboxylic acids is 1. The predicted octanol–water partition coefficient (Wildman–Crippen LogP) is 4.64. The number of halogens is 3. The molecule has 1 amide bonds. The lowest BCUT2D eigenvalue weighted by molar-refractivity contribution is 0.0265. The number of aliphatic hydroxyl groups is 1. The molecule has 2 aliphatic heterocycles. The van der Waals surface area contributed by atoms with Crippen LogP contribution in [0.4, 0.5) is 15.0 Å². The zero-order valence-electron chi connectivity index (χ0n) is 23.0. The summed E-state index contributed by atoms with van der Waals surface area (Å²) >= 11 is 9.46. The van der Waals surface area contributed by atoms with Crippen LogP contribution in [0.2, 0.25) is 5.15 Å². The molecule has 2 aromatic rings. The van der Waals surface area contributed by atoms with E-state index in [2.05, 4.69) is 35.8 Å². The highest BCUT2D eigenvalue weighted by Gasteiger charge is 2.45. The van der Waals surface area contributed by atoms with Crippen LogP contribution in [0, 0.1) is 5.82 Å². The molecule has 0 saturated carbocycles. The molecule has 216 valence electrons. The standard InChI is InChI=1S/C26H37BrClFN6O4/c1-5-33(24(37)39-25(2,3)4)12-13-34(14-15-36)22-17-19(18(29)21(28)31-20(17)27)30-23(32-22)38-16-26-8-6-10-35(26)11-7-9-26/h36H,5-16H2,1-4H3. The van der Waals surface area contributed by atoms with Crippen molar-refractivity contribution in [3.63, 3.8) is 0 Å². The summed E-state index contributed by atoms with van der Waals surface area (Å²) in [5.74, 6) is -0.454. The fraction of sp³-hybridized carbons (Fsp3) is 0.692. The molecule has 39 heavy (non-hydrogen) atoms. The van der Waals surface area contributed by atoms with E-state index in [0.717, 1.165) is 38.8 Å². The highest BCUT2D eigenvalue weighted by atomic mass is 79.9. The molecule has 1 N–H and O–H groups in total. The number of aromatic nitrogens is 3. The Balaban J connectivity index is 1.67. The summed E-state index contributed by atoms with van der Waals surface area (Å²) in [7, 11) is 0. The van der Waals surface area contributed by atoms with Gasteiger partial charge in [0.2, 0.25) is 0 Å². The summed E-state index contributed by atoms with van der Waals surface area (Å²) in [5, 5.41) is 9.87. The van der Waals surface area contributed by atoms with E-state index in [9.17, 15) is 9.90 Å². The molecule has 0 aliphatic carbocycles. The van der Waals surface area contributed by atoms with Gasteiger partial charge in [0.25, 0.3) is 0 Å². The monoisotopic (exact) mass is 630 g/mol. The Hall–Kier alpha value is -2.02. The molecule has 4 rings (SSSR count). The third-order valence-corrected chi connectivity index (χ3v) is 8.11. The first-order chi connectivity index (χ1) is 18.5. The molecule has 2 aromatic heterocycles. The Morgan fingerprint density at radius 2 is 1.87 bits per heavy atom. The van der Waals surface area contributed by atoms with Crippen molar-refractivity contribution in [2.45, 2.75) is 64.5 Å². The summed E-state index contributed by atoms with van der Waals surface area (Å²) in [5.41, 5.74) is -0.713. The van der Waals surface area contributed by atoms with Crippen molar-refractivity contribution in [1.29, 1.82) is 0 Å². The average molecular weight is 632 g/mol. The Morgan fingerprint density at radius 3 is 2.49 bits per heavy atom. The Labute approximate surface area is 241 Å². The molecule has 0 bridgehead atoms. The van der Waals surface area contributed by atoms with Gasteiger partial charge in [0, 0.05) is 26.2 Å². The van der Waals surface area contributed by atoms with Crippen LogP contribution < -0.4 is 9.64 Å². The lowest BCUT2D eigenvalue weighted by Gasteiger charge is -2.32. The van der Waals surface area contributed by atoms with Gasteiger partial charge >= 0.3 is 12.1 Å². The van der Waals surface area contributed by atoms with E-state index in [0.29, 0.717) is 24.4 Å². The summed E-state index contributed by atoms with van der Waals surface area (Å²) in [6.45, 7) is 10.8. The van der Waals surface area contributed by atoms with Crippen molar-refractivity contribution in [2.75, 3.05) is 57.4 Å². The second-order valence-corrected chi connectivity index (χ2v) is 12.1. The number of rotatable bonds is 10. The molecule has 10 nitrogen and oxygen atoms in total. The van der Waals surface area contributed by atoms with Gasteiger partial charge in [-0.15, -0.1) is 0 Å². The molecular weight excluding hydrogens is 595 g/mol. The minimum atomic E-state index is -0.780. The molecule has 0 radical (unpaired) electrons. The summed E-state index contributed by atoms with van der Waals surface area (Å²) in [6, 6.07) is 0.0288. The highest BCUT2D eigenvalue weighted by molar-refractivity contribution is 9.10. The van der Waals surface area contributed by atoms with Gasteiger partial charge in [-0.2, -0.15) is 9.97 Å². The second kappa shape index (κ2) is 12.2. The van der Waals surface area contributed by atoms with Gasteiger partial charge in [-0.1, -0.05) is 11.6 Å². The minimum Gasteiger partial charge on any atom is -0.461 e. The van der Waals surface area contributed by atoms with Crippen LogP contribution in [0.15, 0.2) is 4.60 Å². The zero-order chi connectivity index (χ0) is 28.4. The van der Waals surface area contributed by atoms with Crippen molar-refractivity contribution >= 4 is 50.3 Å². The highest BCUT2D eigenvalue weighted by Crippen LogP contribution is 2.40. The van der Waals surface area contributed by atoms with Crippen LogP contribution in [0.3, 0.4) is 0 Å². The van der Waals surface area contributed by atoms with Crippen LogP contribution >= 0.6 is 27.5 Å². The third kappa shape index (κ3) is 6.66. The van der Waals surface area contributed by atoms with Crippen molar-refractivity contribution < 1.29 is 23.8 Å². The van der Waals surface area contributed by atoms with Gasteiger partial charge in [0.05, 0.1) is 17.5 Å². The smallest absolute Gasteiger partial charge is 0.410 e. The first kappa shape index (κ1) is 30.0. The first-order valence-electron chi connectivity index (χ1n) is 13.4. The van der Waals surface area contributed by atoms with Gasteiger partial charge in [0.15, 0.2) is 11.0 Å².